The van der Waals surface area contributed by atoms with Crippen LogP contribution >= 0.6 is 11.8 Å². The lowest BCUT2D eigenvalue weighted by Gasteiger charge is -2.11. The third-order valence-electron chi connectivity index (χ3n) is 4.56. The Kier molecular flexibility index (Phi) is 9.10. The largest absolute Gasteiger partial charge is 0.497 e. The maximum absolute atomic E-state index is 12.6. The van der Waals surface area contributed by atoms with E-state index in [1.807, 2.05) is 16.7 Å². The monoisotopic (exact) mass is 482 g/mol. The minimum Gasteiger partial charge on any atom is -0.497 e. The Morgan fingerprint density at radius 2 is 1.85 bits per heavy atom. The van der Waals surface area contributed by atoms with Gasteiger partial charge in [-0.2, -0.15) is 0 Å². The van der Waals surface area contributed by atoms with E-state index in [0.29, 0.717) is 34.5 Å². The van der Waals surface area contributed by atoms with Gasteiger partial charge in [-0.15, -0.1) is 16.8 Å². The molecule has 2 aromatic carbocycles. The summed E-state index contributed by atoms with van der Waals surface area (Å²) in [4.78, 5) is 24.7. The molecule has 0 radical (unpaired) electrons. The molecule has 1 amide bonds. The second-order valence-corrected chi connectivity index (χ2v) is 7.81. The minimum absolute atomic E-state index is 0.0752. The molecule has 10 heteroatoms. The van der Waals surface area contributed by atoms with Crippen molar-refractivity contribution in [3.63, 3.8) is 0 Å². The van der Waals surface area contributed by atoms with Crippen LogP contribution in [0.5, 0.6) is 11.5 Å². The fourth-order valence-electron chi connectivity index (χ4n) is 2.96. The quantitative estimate of drug-likeness (QED) is 0.235. The maximum Gasteiger partial charge on any atom is 0.340 e. The van der Waals surface area contributed by atoms with Crippen molar-refractivity contribution in [2.45, 2.75) is 25.2 Å². The number of thioether (sulfide) groups is 1. The molecule has 1 N–H and O–H groups in total. The molecule has 0 aliphatic heterocycles. The van der Waals surface area contributed by atoms with E-state index in [-0.39, 0.29) is 24.9 Å². The van der Waals surface area contributed by atoms with Crippen LogP contribution in [0.1, 0.15) is 23.1 Å². The first-order valence-corrected chi connectivity index (χ1v) is 11.5. The van der Waals surface area contributed by atoms with Crippen LogP contribution in [0.2, 0.25) is 0 Å². The molecule has 34 heavy (non-hydrogen) atoms. The molecule has 3 rings (SSSR count). The SMILES string of the molecule is C=CCn1c(COc2ccc(OC)cc2)nnc1SCC(=O)Nc1ccccc1C(=O)OCC. The maximum atomic E-state index is 12.6. The third-order valence-corrected chi connectivity index (χ3v) is 5.53. The molecule has 0 aliphatic carbocycles. The van der Waals surface area contributed by atoms with E-state index >= 15 is 0 Å². The van der Waals surface area contributed by atoms with E-state index in [9.17, 15) is 9.59 Å². The van der Waals surface area contributed by atoms with Crippen molar-refractivity contribution in [2.24, 2.45) is 0 Å². The first-order chi connectivity index (χ1) is 16.5. The van der Waals surface area contributed by atoms with Crippen molar-refractivity contribution in [1.82, 2.24) is 14.8 Å². The topological polar surface area (TPSA) is 105 Å². The van der Waals surface area contributed by atoms with Gasteiger partial charge in [-0.1, -0.05) is 30.0 Å². The summed E-state index contributed by atoms with van der Waals surface area (Å²) in [6, 6.07) is 13.9. The molecule has 178 valence electrons. The molecule has 3 aromatic rings. The Balaban J connectivity index is 1.62. The van der Waals surface area contributed by atoms with Gasteiger partial charge in [-0.05, 0) is 43.3 Å². The number of benzene rings is 2. The summed E-state index contributed by atoms with van der Waals surface area (Å²) < 4.78 is 17.8. The first kappa shape index (κ1) is 24.8. The molecular formula is C24H26N4O5S. The summed E-state index contributed by atoms with van der Waals surface area (Å²) in [6.45, 7) is 6.43. The number of carbonyl (C=O) groups excluding carboxylic acids is 2. The summed E-state index contributed by atoms with van der Waals surface area (Å²) in [6.07, 6.45) is 1.72. The van der Waals surface area contributed by atoms with E-state index in [4.69, 9.17) is 14.2 Å². The zero-order chi connectivity index (χ0) is 24.3. The van der Waals surface area contributed by atoms with E-state index in [1.54, 1.807) is 56.5 Å². The number of amides is 1. The van der Waals surface area contributed by atoms with Crippen LogP contribution in [0.15, 0.2) is 66.3 Å². The lowest BCUT2D eigenvalue weighted by molar-refractivity contribution is -0.113. The molecular weight excluding hydrogens is 456 g/mol. The molecule has 0 fully saturated rings. The molecule has 1 aromatic heterocycles. The van der Waals surface area contributed by atoms with E-state index in [0.717, 1.165) is 5.75 Å². The van der Waals surface area contributed by atoms with Crippen molar-refractivity contribution in [2.75, 3.05) is 24.8 Å². The summed E-state index contributed by atoms with van der Waals surface area (Å²) in [7, 11) is 1.60. The highest BCUT2D eigenvalue weighted by atomic mass is 32.2. The molecule has 0 unspecified atom stereocenters. The first-order valence-electron chi connectivity index (χ1n) is 10.5. The van der Waals surface area contributed by atoms with E-state index in [2.05, 4.69) is 22.1 Å². The minimum atomic E-state index is -0.488. The summed E-state index contributed by atoms with van der Waals surface area (Å²) >= 11 is 1.23. The van der Waals surface area contributed by atoms with Gasteiger partial charge >= 0.3 is 5.97 Å². The number of nitrogens with zero attached hydrogens (tertiary/aromatic N) is 3. The van der Waals surface area contributed by atoms with Crippen LogP contribution in [0, 0.1) is 0 Å². The molecule has 0 spiro atoms. The second-order valence-electron chi connectivity index (χ2n) is 6.87. The van der Waals surface area contributed by atoms with Gasteiger partial charge in [0.05, 0.1) is 30.7 Å². The zero-order valence-corrected chi connectivity index (χ0v) is 19.8. The Morgan fingerprint density at radius 3 is 2.56 bits per heavy atom. The summed E-state index contributed by atoms with van der Waals surface area (Å²) in [5.74, 6) is 1.31. The second kappa shape index (κ2) is 12.4. The number of ether oxygens (including phenoxy) is 3. The molecule has 0 atom stereocenters. The van der Waals surface area contributed by atoms with Crippen LogP contribution < -0.4 is 14.8 Å². The van der Waals surface area contributed by atoms with Crippen LogP contribution in [0.4, 0.5) is 5.69 Å². The molecule has 9 nitrogen and oxygen atoms in total. The van der Waals surface area contributed by atoms with Gasteiger partial charge in [0.15, 0.2) is 11.0 Å². The fourth-order valence-corrected chi connectivity index (χ4v) is 3.73. The number of allylic oxidation sites excluding steroid dienone is 1. The van der Waals surface area contributed by atoms with Gasteiger partial charge in [0.25, 0.3) is 0 Å². The standard InChI is InChI=1S/C24H26N4O5S/c1-4-14-28-21(15-33-18-12-10-17(31-3)11-13-18)26-27-24(28)34-16-22(29)25-20-9-7-6-8-19(20)23(30)32-5-2/h4,6-13H,1,5,14-16H2,2-3H3,(H,25,29). The zero-order valence-electron chi connectivity index (χ0n) is 19.0. The Labute approximate surface area is 202 Å². The molecule has 0 saturated carbocycles. The van der Waals surface area contributed by atoms with Gasteiger partial charge in [0.2, 0.25) is 5.91 Å². The van der Waals surface area contributed by atoms with Crippen molar-refractivity contribution in [1.29, 1.82) is 0 Å². The van der Waals surface area contributed by atoms with Gasteiger partial charge in [0.1, 0.15) is 18.1 Å². The highest BCUT2D eigenvalue weighted by Gasteiger charge is 2.17. The number of hydrogen-bond donors (Lipinski definition) is 1. The smallest absolute Gasteiger partial charge is 0.340 e. The van der Waals surface area contributed by atoms with E-state index in [1.165, 1.54) is 11.8 Å². The Hall–Kier alpha value is -3.79. The van der Waals surface area contributed by atoms with Gasteiger partial charge in [-0.3, -0.25) is 9.36 Å². The normalized spacial score (nSPS) is 10.4. The Morgan fingerprint density at radius 1 is 1.12 bits per heavy atom. The van der Waals surface area contributed by atoms with E-state index < -0.39 is 5.97 Å². The predicted octanol–water partition coefficient (Wildman–Crippen LogP) is 3.96. The molecule has 0 saturated heterocycles. The van der Waals surface area contributed by atoms with Gasteiger partial charge < -0.3 is 19.5 Å². The number of aromatic nitrogens is 3. The Bertz CT molecular complexity index is 1130. The third kappa shape index (κ3) is 6.61. The number of rotatable bonds is 12. The average molecular weight is 483 g/mol. The average Bonchev–Trinajstić information content (AvgIpc) is 3.24. The number of methoxy groups -OCH3 is 1. The van der Waals surface area contributed by atoms with Gasteiger partial charge in [-0.25, -0.2) is 4.79 Å². The molecule has 1 heterocycles. The van der Waals surface area contributed by atoms with Crippen LogP contribution in [0.3, 0.4) is 0 Å². The predicted molar refractivity (Wildman–Crippen MR) is 129 cm³/mol. The summed E-state index contributed by atoms with van der Waals surface area (Å²) in [5.41, 5.74) is 0.697. The van der Waals surface area contributed by atoms with Crippen molar-refractivity contribution in [3.05, 3.63) is 72.6 Å². The lowest BCUT2D eigenvalue weighted by Crippen LogP contribution is -2.18. The number of esters is 1. The van der Waals surface area contributed by atoms with Crippen molar-refractivity contribution >= 4 is 29.3 Å². The number of nitrogens with one attached hydrogen (secondary N) is 1. The van der Waals surface area contributed by atoms with Crippen LogP contribution in [-0.4, -0.2) is 46.1 Å². The number of anilines is 1. The number of para-hydroxylation sites is 1. The molecule has 0 bridgehead atoms. The van der Waals surface area contributed by atoms with Crippen molar-refractivity contribution < 1.29 is 23.8 Å². The van der Waals surface area contributed by atoms with Gasteiger partial charge in [0, 0.05) is 6.54 Å². The highest BCUT2D eigenvalue weighted by Crippen LogP contribution is 2.22. The summed E-state index contributed by atoms with van der Waals surface area (Å²) in [5, 5.41) is 11.7. The van der Waals surface area contributed by atoms with Crippen LogP contribution in [-0.2, 0) is 22.7 Å². The fraction of sp³-hybridized carbons (Fsp3) is 0.250. The van der Waals surface area contributed by atoms with Crippen molar-refractivity contribution in [3.8, 4) is 11.5 Å². The molecule has 0 aliphatic rings. The number of hydrogen-bond acceptors (Lipinski definition) is 8. The number of carbonyl (C=O) groups is 2. The highest BCUT2D eigenvalue weighted by molar-refractivity contribution is 7.99. The van der Waals surface area contributed by atoms with Crippen LogP contribution in [0.25, 0.3) is 0 Å². The lowest BCUT2D eigenvalue weighted by atomic mass is 10.2.